The van der Waals surface area contributed by atoms with Crippen LogP contribution in [0.3, 0.4) is 0 Å². The summed E-state index contributed by atoms with van der Waals surface area (Å²) in [5.74, 6) is -0.939. The summed E-state index contributed by atoms with van der Waals surface area (Å²) in [7, 11) is -3.82. The quantitative estimate of drug-likeness (QED) is 0.372. The fourth-order valence-electron chi connectivity index (χ4n) is 3.91. The summed E-state index contributed by atoms with van der Waals surface area (Å²) in [6, 6.07) is 21.7. The topological polar surface area (TPSA) is 86.8 Å². The van der Waals surface area contributed by atoms with Crippen LogP contribution in [0.25, 0.3) is 0 Å². The number of carbonyl (C=O) groups is 2. The van der Waals surface area contributed by atoms with Crippen LogP contribution in [0.4, 0.5) is 5.69 Å². The van der Waals surface area contributed by atoms with Gasteiger partial charge in [-0.3, -0.25) is 13.9 Å². The maximum absolute atomic E-state index is 13.9. The molecule has 2 amide bonds. The van der Waals surface area contributed by atoms with E-state index in [1.807, 2.05) is 30.3 Å². The maximum atomic E-state index is 13.9. The Balaban J connectivity index is 2.07. The molecule has 196 valence electrons. The second-order valence-corrected chi connectivity index (χ2v) is 11.1. The summed E-state index contributed by atoms with van der Waals surface area (Å²) >= 11 is 12.9. The first kappa shape index (κ1) is 28.5. The number of anilines is 1. The van der Waals surface area contributed by atoms with Crippen molar-refractivity contribution >= 4 is 50.7 Å². The molecule has 3 rings (SSSR count). The summed E-state index contributed by atoms with van der Waals surface area (Å²) in [6.07, 6.45) is 1.25. The summed E-state index contributed by atoms with van der Waals surface area (Å²) < 4.78 is 26.4. The first-order valence-electron chi connectivity index (χ1n) is 11.7. The molecule has 0 unspecified atom stereocenters. The zero-order chi connectivity index (χ0) is 27.0. The Bertz CT molecular complexity index is 1300. The Morgan fingerprint density at radius 1 is 0.892 bits per heavy atom. The van der Waals surface area contributed by atoms with Crippen LogP contribution in [0.1, 0.15) is 18.1 Å². The molecule has 0 saturated heterocycles. The predicted octanol–water partition coefficient (Wildman–Crippen LogP) is 4.54. The number of nitrogens with zero attached hydrogens (tertiary/aromatic N) is 2. The minimum Gasteiger partial charge on any atom is -0.355 e. The van der Waals surface area contributed by atoms with Crippen LogP contribution < -0.4 is 9.62 Å². The number of benzene rings is 3. The lowest BCUT2D eigenvalue weighted by atomic mass is 10.0. The van der Waals surface area contributed by atoms with Gasteiger partial charge in [-0.15, -0.1) is 0 Å². The average molecular weight is 563 g/mol. The van der Waals surface area contributed by atoms with Crippen LogP contribution in [0.5, 0.6) is 0 Å². The van der Waals surface area contributed by atoms with Gasteiger partial charge in [0.05, 0.1) is 11.9 Å². The van der Waals surface area contributed by atoms with Gasteiger partial charge in [0.15, 0.2) is 0 Å². The molecule has 37 heavy (non-hydrogen) atoms. The molecule has 10 heteroatoms. The number of sulfonamides is 1. The number of likely N-dealkylation sites (N-methyl/N-ethyl adjacent to an activating group) is 1. The third kappa shape index (κ3) is 7.71. The molecule has 0 aromatic heterocycles. The molecule has 0 spiro atoms. The molecule has 0 radical (unpaired) electrons. The van der Waals surface area contributed by atoms with Crippen molar-refractivity contribution in [2.75, 3.05) is 23.7 Å². The lowest BCUT2D eigenvalue weighted by Crippen LogP contribution is -2.53. The van der Waals surface area contributed by atoms with Gasteiger partial charge in [-0.2, -0.15) is 0 Å². The van der Waals surface area contributed by atoms with Gasteiger partial charge in [0.25, 0.3) is 0 Å². The first-order chi connectivity index (χ1) is 17.6. The van der Waals surface area contributed by atoms with Gasteiger partial charge in [-0.25, -0.2) is 8.42 Å². The average Bonchev–Trinajstić information content (AvgIpc) is 2.86. The maximum Gasteiger partial charge on any atom is 0.244 e. The molecule has 1 N–H and O–H groups in total. The number of halogens is 2. The molecule has 0 fully saturated rings. The monoisotopic (exact) mass is 561 g/mol. The third-order valence-electron chi connectivity index (χ3n) is 5.74. The standard InChI is InChI=1S/C27H29Cl2N3O4S/c1-3-30-27(34)25(17-20-11-6-4-7-12-20)31(18-22-23(28)15-10-16-24(22)29)26(33)19-32(37(2,35)36)21-13-8-5-9-14-21/h4-16,25H,3,17-19H2,1-2H3,(H,30,34)/t25-/m1/s1. The second kappa shape index (κ2) is 12.9. The highest BCUT2D eigenvalue weighted by Crippen LogP contribution is 2.28. The van der Waals surface area contributed by atoms with Crippen molar-refractivity contribution in [3.05, 3.63) is 100 Å². The number of nitrogens with one attached hydrogen (secondary N) is 1. The van der Waals surface area contributed by atoms with E-state index >= 15 is 0 Å². The molecule has 1 atom stereocenters. The molecule has 0 aliphatic heterocycles. The molecular weight excluding hydrogens is 533 g/mol. The van der Waals surface area contributed by atoms with E-state index in [1.165, 1.54) is 4.90 Å². The van der Waals surface area contributed by atoms with E-state index in [9.17, 15) is 18.0 Å². The second-order valence-electron chi connectivity index (χ2n) is 8.43. The van der Waals surface area contributed by atoms with Crippen LogP contribution in [0, 0.1) is 0 Å². The lowest BCUT2D eigenvalue weighted by molar-refractivity contribution is -0.140. The van der Waals surface area contributed by atoms with Crippen molar-refractivity contribution in [2.45, 2.75) is 25.9 Å². The van der Waals surface area contributed by atoms with Crippen molar-refractivity contribution < 1.29 is 18.0 Å². The number of amides is 2. The molecule has 0 bridgehead atoms. The van der Waals surface area contributed by atoms with E-state index in [-0.39, 0.29) is 18.9 Å². The Morgan fingerprint density at radius 3 is 2.00 bits per heavy atom. The number of para-hydroxylation sites is 1. The van der Waals surface area contributed by atoms with Crippen LogP contribution in [-0.4, -0.2) is 50.5 Å². The highest BCUT2D eigenvalue weighted by atomic mass is 35.5. The van der Waals surface area contributed by atoms with E-state index in [1.54, 1.807) is 55.5 Å². The summed E-state index contributed by atoms with van der Waals surface area (Å²) in [5, 5.41) is 3.47. The van der Waals surface area contributed by atoms with Crippen molar-refractivity contribution in [3.8, 4) is 0 Å². The molecule has 3 aromatic rings. The van der Waals surface area contributed by atoms with Crippen LogP contribution in [0.2, 0.25) is 10.0 Å². The zero-order valence-corrected chi connectivity index (χ0v) is 22.9. The van der Waals surface area contributed by atoms with E-state index < -0.39 is 28.5 Å². The lowest BCUT2D eigenvalue weighted by Gasteiger charge is -2.33. The third-order valence-corrected chi connectivity index (χ3v) is 7.58. The molecule has 0 aliphatic rings. The molecule has 3 aromatic carbocycles. The summed E-state index contributed by atoms with van der Waals surface area (Å²) in [6.45, 7) is 1.56. The Kier molecular flexibility index (Phi) is 9.97. The number of hydrogen-bond acceptors (Lipinski definition) is 4. The van der Waals surface area contributed by atoms with Crippen molar-refractivity contribution in [1.82, 2.24) is 10.2 Å². The normalized spacial score (nSPS) is 12.0. The minimum atomic E-state index is -3.82. The van der Waals surface area contributed by atoms with Gasteiger partial charge < -0.3 is 10.2 Å². The predicted molar refractivity (Wildman–Crippen MR) is 148 cm³/mol. The van der Waals surface area contributed by atoms with E-state index in [2.05, 4.69) is 5.32 Å². The first-order valence-corrected chi connectivity index (χ1v) is 14.3. The zero-order valence-electron chi connectivity index (χ0n) is 20.6. The Morgan fingerprint density at radius 2 is 1.46 bits per heavy atom. The van der Waals surface area contributed by atoms with Crippen molar-refractivity contribution in [3.63, 3.8) is 0 Å². The number of rotatable bonds is 11. The minimum absolute atomic E-state index is 0.0850. The van der Waals surface area contributed by atoms with Crippen molar-refractivity contribution in [2.24, 2.45) is 0 Å². The van der Waals surface area contributed by atoms with E-state index in [4.69, 9.17) is 23.2 Å². The highest BCUT2D eigenvalue weighted by Gasteiger charge is 2.33. The number of hydrogen-bond donors (Lipinski definition) is 1. The number of carbonyl (C=O) groups excluding carboxylic acids is 2. The van der Waals surface area contributed by atoms with Gasteiger partial charge >= 0.3 is 0 Å². The van der Waals surface area contributed by atoms with E-state index in [0.29, 0.717) is 27.8 Å². The highest BCUT2D eigenvalue weighted by molar-refractivity contribution is 7.92. The molecule has 0 aliphatic carbocycles. The van der Waals surface area contributed by atoms with Gasteiger partial charge in [0, 0.05) is 35.1 Å². The van der Waals surface area contributed by atoms with E-state index in [0.717, 1.165) is 16.1 Å². The fourth-order valence-corrected chi connectivity index (χ4v) is 5.27. The Labute approximate surface area is 228 Å². The molecule has 0 saturated carbocycles. The summed E-state index contributed by atoms with van der Waals surface area (Å²) in [5.41, 5.74) is 1.64. The van der Waals surface area contributed by atoms with Gasteiger partial charge in [-0.1, -0.05) is 77.8 Å². The summed E-state index contributed by atoms with van der Waals surface area (Å²) in [4.78, 5) is 28.6. The molecule has 7 nitrogen and oxygen atoms in total. The Hall–Kier alpha value is -3.07. The van der Waals surface area contributed by atoms with Gasteiger partial charge in [0.1, 0.15) is 12.6 Å². The van der Waals surface area contributed by atoms with Gasteiger partial charge in [0.2, 0.25) is 21.8 Å². The van der Waals surface area contributed by atoms with Crippen molar-refractivity contribution in [1.29, 1.82) is 0 Å². The van der Waals surface area contributed by atoms with Crippen LogP contribution >= 0.6 is 23.2 Å². The van der Waals surface area contributed by atoms with Crippen LogP contribution in [-0.2, 0) is 32.6 Å². The largest absolute Gasteiger partial charge is 0.355 e. The van der Waals surface area contributed by atoms with Crippen LogP contribution in [0.15, 0.2) is 78.9 Å². The SMILES string of the molecule is CCNC(=O)[C@@H](Cc1ccccc1)N(Cc1c(Cl)cccc1Cl)C(=O)CN(c1ccccc1)S(C)(=O)=O. The molecule has 0 heterocycles. The molecular formula is C27H29Cl2N3O4S. The smallest absolute Gasteiger partial charge is 0.244 e. The van der Waals surface area contributed by atoms with Gasteiger partial charge in [-0.05, 0) is 36.8 Å². The fraction of sp³-hybridized carbons (Fsp3) is 0.259.